The number of hydrogen-bond acceptors (Lipinski definition) is 3. The van der Waals surface area contributed by atoms with E-state index < -0.39 is 5.41 Å². The van der Waals surface area contributed by atoms with Gasteiger partial charge in [0.1, 0.15) is 0 Å². The van der Waals surface area contributed by atoms with Crippen molar-refractivity contribution in [3.05, 3.63) is 223 Å². The molecule has 5 heteroatoms. The van der Waals surface area contributed by atoms with Gasteiger partial charge in [-0.2, -0.15) is 0 Å². The first-order chi connectivity index (χ1) is 28.3. The molecule has 0 fully saturated rings. The molecule has 0 radical (unpaired) electrons. The van der Waals surface area contributed by atoms with E-state index in [1.807, 2.05) is 36.9 Å². The molecule has 1 aliphatic rings. The number of hydrogen-bond donors (Lipinski definition) is 0. The van der Waals surface area contributed by atoms with Crippen LogP contribution in [0, 0.1) is 0 Å². The standard InChI is InChI=1S/C52H33N5/c1-3-11-36(12-4-1)52(37-13-5-2-6-14-37)43-16-8-7-15-40(43)48-44(52)28-27-41-49-47(18-10-30-54-49)57(51(41)48)39-25-21-35(22-26-39)34-19-23-38(24-20-34)56-45-29-32-53-33-42(45)50-46(56)17-9-31-55-50/h1-33H. The fourth-order valence-electron chi connectivity index (χ4n) is 9.67. The number of nitrogens with zero attached hydrogens (tertiary/aromatic N) is 5. The summed E-state index contributed by atoms with van der Waals surface area (Å²) in [7, 11) is 0. The number of fused-ring (bicyclic) bond motifs is 10. The van der Waals surface area contributed by atoms with Crippen molar-refractivity contribution in [2.75, 3.05) is 0 Å². The molecule has 0 aliphatic heterocycles. The molecule has 266 valence electrons. The maximum Gasteiger partial charge on any atom is 0.0978 e. The largest absolute Gasteiger partial charge is 0.308 e. The van der Waals surface area contributed by atoms with E-state index in [1.165, 1.54) is 38.9 Å². The Morgan fingerprint density at radius 2 is 0.982 bits per heavy atom. The lowest BCUT2D eigenvalue weighted by molar-refractivity contribution is 0.769. The first-order valence-corrected chi connectivity index (χ1v) is 19.3. The second kappa shape index (κ2) is 12.2. The van der Waals surface area contributed by atoms with Crippen molar-refractivity contribution >= 4 is 43.9 Å². The van der Waals surface area contributed by atoms with E-state index in [9.17, 15) is 0 Å². The van der Waals surface area contributed by atoms with Gasteiger partial charge in [0.25, 0.3) is 0 Å². The molecule has 1 aliphatic carbocycles. The Balaban J connectivity index is 1.03. The van der Waals surface area contributed by atoms with Crippen LogP contribution in [0.3, 0.4) is 0 Å². The number of aromatic nitrogens is 5. The van der Waals surface area contributed by atoms with Gasteiger partial charge < -0.3 is 9.13 Å². The van der Waals surface area contributed by atoms with E-state index in [0.29, 0.717) is 0 Å². The molecule has 0 atom stereocenters. The van der Waals surface area contributed by atoms with Crippen LogP contribution in [-0.2, 0) is 5.41 Å². The van der Waals surface area contributed by atoms with Gasteiger partial charge in [-0.05, 0) is 93.5 Å². The Bertz CT molecular complexity index is 3230. The summed E-state index contributed by atoms with van der Waals surface area (Å²) in [4.78, 5) is 14.1. The SMILES string of the molecule is c1ccc(C2(c3ccccc3)c3ccccc3-c3c2ccc2c4ncccc4n(-c4ccc(-c5ccc(-n6c7ccncc7c7ncccc76)cc5)cc4)c32)cc1. The van der Waals surface area contributed by atoms with Crippen molar-refractivity contribution in [3.8, 4) is 33.6 Å². The lowest BCUT2D eigenvalue weighted by Gasteiger charge is -2.33. The molecule has 5 nitrogen and oxygen atoms in total. The van der Waals surface area contributed by atoms with Crippen LogP contribution in [0.5, 0.6) is 0 Å². The van der Waals surface area contributed by atoms with Crippen LogP contribution in [-0.4, -0.2) is 24.1 Å². The topological polar surface area (TPSA) is 48.5 Å². The van der Waals surface area contributed by atoms with Crippen molar-refractivity contribution < 1.29 is 0 Å². The summed E-state index contributed by atoms with van der Waals surface area (Å²) in [6, 6.07) is 63.8. The molecule has 12 rings (SSSR count). The molecule has 5 heterocycles. The van der Waals surface area contributed by atoms with Gasteiger partial charge >= 0.3 is 0 Å². The van der Waals surface area contributed by atoms with E-state index in [-0.39, 0.29) is 0 Å². The third-order valence-electron chi connectivity index (χ3n) is 12.0. The molecule has 0 saturated carbocycles. The Kier molecular flexibility index (Phi) is 6.78. The smallest absolute Gasteiger partial charge is 0.0978 e. The lowest BCUT2D eigenvalue weighted by Crippen LogP contribution is -2.28. The highest BCUT2D eigenvalue weighted by molar-refractivity contribution is 6.15. The van der Waals surface area contributed by atoms with Gasteiger partial charge in [-0.15, -0.1) is 0 Å². The predicted octanol–water partition coefficient (Wildman–Crippen LogP) is 12.1. The molecule has 6 aromatic carbocycles. The highest BCUT2D eigenvalue weighted by Gasteiger charge is 2.47. The van der Waals surface area contributed by atoms with Gasteiger partial charge in [-0.1, -0.05) is 121 Å². The summed E-state index contributed by atoms with van der Waals surface area (Å²) >= 11 is 0. The molecule has 0 spiro atoms. The maximum absolute atomic E-state index is 4.99. The first kappa shape index (κ1) is 31.7. The average molecular weight is 728 g/mol. The summed E-state index contributed by atoms with van der Waals surface area (Å²) in [5.41, 5.74) is 18.0. The summed E-state index contributed by atoms with van der Waals surface area (Å²) in [5, 5.41) is 2.19. The minimum Gasteiger partial charge on any atom is -0.308 e. The van der Waals surface area contributed by atoms with Gasteiger partial charge in [0.2, 0.25) is 0 Å². The number of benzene rings is 6. The highest BCUT2D eigenvalue weighted by atomic mass is 15.0. The summed E-state index contributed by atoms with van der Waals surface area (Å²) < 4.78 is 4.70. The molecular weight excluding hydrogens is 695 g/mol. The van der Waals surface area contributed by atoms with Gasteiger partial charge in [0, 0.05) is 52.5 Å². The van der Waals surface area contributed by atoms with E-state index in [4.69, 9.17) is 4.98 Å². The molecule has 11 aromatic rings. The van der Waals surface area contributed by atoms with Crippen molar-refractivity contribution in [1.82, 2.24) is 24.1 Å². The molecule has 0 bridgehead atoms. The Labute approximate surface area is 328 Å². The van der Waals surface area contributed by atoms with Crippen LogP contribution < -0.4 is 0 Å². The van der Waals surface area contributed by atoms with Gasteiger partial charge in [-0.3, -0.25) is 15.0 Å². The second-order valence-corrected chi connectivity index (χ2v) is 14.8. The van der Waals surface area contributed by atoms with Gasteiger partial charge in [-0.25, -0.2) is 0 Å². The Morgan fingerprint density at radius 1 is 0.404 bits per heavy atom. The minimum absolute atomic E-state index is 0.486. The molecule has 0 saturated heterocycles. The third kappa shape index (κ3) is 4.42. The summed E-state index contributed by atoms with van der Waals surface area (Å²) in [6.45, 7) is 0. The zero-order valence-electron chi connectivity index (χ0n) is 30.8. The zero-order valence-corrected chi connectivity index (χ0v) is 30.8. The van der Waals surface area contributed by atoms with Gasteiger partial charge in [0.15, 0.2) is 0 Å². The monoisotopic (exact) mass is 727 g/mol. The molecule has 5 aromatic heterocycles. The highest BCUT2D eigenvalue weighted by Crippen LogP contribution is 2.58. The Morgan fingerprint density at radius 3 is 1.65 bits per heavy atom. The maximum atomic E-state index is 4.99. The molecule has 0 amide bonds. The van der Waals surface area contributed by atoms with Crippen molar-refractivity contribution in [3.63, 3.8) is 0 Å². The zero-order chi connectivity index (χ0) is 37.5. The third-order valence-corrected chi connectivity index (χ3v) is 12.0. The van der Waals surface area contributed by atoms with Crippen LogP contribution >= 0.6 is 0 Å². The molecule has 0 unspecified atom stereocenters. The van der Waals surface area contributed by atoms with Crippen molar-refractivity contribution in [1.29, 1.82) is 0 Å². The predicted molar refractivity (Wildman–Crippen MR) is 231 cm³/mol. The van der Waals surface area contributed by atoms with E-state index >= 15 is 0 Å². The number of rotatable bonds is 5. The Hall–Kier alpha value is -7.63. The summed E-state index contributed by atoms with van der Waals surface area (Å²) in [6.07, 6.45) is 7.50. The van der Waals surface area contributed by atoms with E-state index in [1.54, 1.807) is 0 Å². The van der Waals surface area contributed by atoms with Crippen LogP contribution in [0.15, 0.2) is 201 Å². The fourth-order valence-corrected chi connectivity index (χ4v) is 9.67. The number of pyridine rings is 3. The van der Waals surface area contributed by atoms with Crippen LogP contribution in [0.4, 0.5) is 0 Å². The average Bonchev–Trinajstić information content (AvgIpc) is 3.92. The quantitative estimate of drug-likeness (QED) is 0.177. The van der Waals surface area contributed by atoms with Crippen LogP contribution in [0.1, 0.15) is 22.3 Å². The normalized spacial score (nSPS) is 13.1. The lowest BCUT2D eigenvalue weighted by atomic mass is 9.67. The van der Waals surface area contributed by atoms with Gasteiger partial charge in [0.05, 0.1) is 38.5 Å². The molecular formula is C52H33N5. The second-order valence-electron chi connectivity index (χ2n) is 14.8. The van der Waals surface area contributed by atoms with Crippen molar-refractivity contribution in [2.24, 2.45) is 0 Å². The van der Waals surface area contributed by atoms with E-state index in [2.05, 4.69) is 183 Å². The van der Waals surface area contributed by atoms with E-state index in [0.717, 1.165) is 60.9 Å². The van der Waals surface area contributed by atoms with Crippen LogP contribution in [0.2, 0.25) is 0 Å². The van der Waals surface area contributed by atoms with Crippen molar-refractivity contribution in [2.45, 2.75) is 5.41 Å². The molecule has 57 heavy (non-hydrogen) atoms. The van der Waals surface area contributed by atoms with Crippen LogP contribution in [0.25, 0.3) is 77.5 Å². The fraction of sp³-hybridized carbons (Fsp3) is 0.0192. The molecule has 0 N–H and O–H groups in total. The summed E-state index contributed by atoms with van der Waals surface area (Å²) in [5.74, 6) is 0. The minimum atomic E-state index is -0.486. The first-order valence-electron chi connectivity index (χ1n) is 19.3.